The third-order valence-electron chi connectivity index (χ3n) is 3.31. The molecule has 0 spiro atoms. The van der Waals surface area contributed by atoms with Crippen molar-refractivity contribution < 1.29 is 9.47 Å². The van der Waals surface area contributed by atoms with E-state index in [2.05, 4.69) is 18.3 Å². The minimum Gasteiger partial charge on any atom is -0.496 e. The zero-order valence-corrected chi connectivity index (χ0v) is 10.7. The van der Waals surface area contributed by atoms with Crippen molar-refractivity contribution in [2.45, 2.75) is 31.9 Å². The van der Waals surface area contributed by atoms with E-state index in [4.69, 9.17) is 9.47 Å². The smallest absolute Gasteiger partial charge is 0.123 e. The minimum absolute atomic E-state index is 0.0159. The molecule has 0 aromatic heterocycles. The van der Waals surface area contributed by atoms with Gasteiger partial charge in [0.2, 0.25) is 0 Å². The Balaban J connectivity index is 1.85. The number of benzene rings is 1. The average Bonchev–Trinajstić information content (AvgIpc) is 2.77. The Morgan fingerprint density at radius 1 is 1.41 bits per heavy atom. The van der Waals surface area contributed by atoms with E-state index >= 15 is 0 Å². The zero-order valence-electron chi connectivity index (χ0n) is 10.7. The van der Waals surface area contributed by atoms with Crippen molar-refractivity contribution in [3.8, 4) is 5.75 Å². The van der Waals surface area contributed by atoms with Crippen LogP contribution < -0.4 is 10.1 Å². The molecule has 3 nitrogen and oxygen atoms in total. The van der Waals surface area contributed by atoms with Crippen molar-refractivity contribution in [2.75, 3.05) is 20.3 Å². The first kappa shape index (κ1) is 12.4. The van der Waals surface area contributed by atoms with Gasteiger partial charge in [0.1, 0.15) is 5.75 Å². The SMILES string of the molecule is COc1ccccc1CNCC1(C)CCCO1. The summed E-state index contributed by atoms with van der Waals surface area (Å²) >= 11 is 0. The predicted molar refractivity (Wildman–Crippen MR) is 68.3 cm³/mol. The van der Waals surface area contributed by atoms with Crippen molar-refractivity contribution in [1.29, 1.82) is 0 Å². The quantitative estimate of drug-likeness (QED) is 0.850. The third kappa shape index (κ3) is 3.20. The summed E-state index contributed by atoms with van der Waals surface area (Å²) < 4.78 is 11.1. The van der Waals surface area contributed by atoms with Gasteiger partial charge in [0.15, 0.2) is 0 Å². The minimum atomic E-state index is 0.0159. The summed E-state index contributed by atoms with van der Waals surface area (Å²) in [5.41, 5.74) is 1.21. The number of rotatable bonds is 5. The van der Waals surface area contributed by atoms with Gasteiger partial charge in [-0.15, -0.1) is 0 Å². The van der Waals surface area contributed by atoms with Crippen LogP contribution in [0.15, 0.2) is 24.3 Å². The van der Waals surface area contributed by atoms with Gasteiger partial charge in [-0.1, -0.05) is 18.2 Å². The summed E-state index contributed by atoms with van der Waals surface area (Å²) in [6.45, 7) is 4.79. The standard InChI is InChI=1S/C14H21NO2/c1-14(8-5-9-17-14)11-15-10-12-6-3-4-7-13(12)16-2/h3-4,6-7,15H,5,8-11H2,1-2H3. The van der Waals surface area contributed by atoms with Gasteiger partial charge in [-0.05, 0) is 25.8 Å². The van der Waals surface area contributed by atoms with Crippen LogP contribution in [0.1, 0.15) is 25.3 Å². The molecule has 0 saturated carbocycles. The fourth-order valence-electron chi connectivity index (χ4n) is 2.29. The Hall–Kier alpha value is -1.06. The van der Waals surface area contributed by atoms with Crippen LogP contribution in [0.4, 0.5) is 0 Å². The molecular weight excluding hydrogens is 214 g/mol. The molecule has 0 bridgehead atoms. The second kappa shape index (κ2) is 5.52. The maximum absolute atomic E-state index is 5.74. The third-order valence-corrected chi connectivity index (χ3v) is 3.31. The highest BCUT2D eigenvalue weighted by Crippen LogP contribution is 2.24. The summed E-state index contributed by atoms with van der Waals surface area (Å²) in [7, 11) is 1.71. The number of ether oxygens (including phenoxy) is 2. The molecule has 94 valence electrons. The molecule has 2 rings (SSSR count). The second-order valence-electron chi connectivity index (χ2n) is 4.82. The van der Waals surface area contributed by atoms with E-state index in [0.717, 1.165) is 31.9 Å². The number of hydrogen-bond donors (Lipinski definition) is 1. The van der Waals surface area contributed by atoms with E-state index in [1.54, 1.807) is 7.11 Å². The van der Waals surface area contributed by atoms with Gasteiger partial charge in [0.05, 0.1) is 12.7 Å². The lowest BCUT2D eigenvalue weighted by Crippen LogP contribution is -2.36. The molecule has 0 amide bonds. The lowest BCUT2D eigenvalue weighted by Gasteiger charge is -2.23. The van der Waals surface area contributed by atoms with E-state index in [1.165, 1.54) is 12.0 Å². The molecule has 3 heteroatoms. The molecular formula is C14H21NO2. The number of para-hydroxylation sites is 1. The predicted octanol–water partition coefficient (Wildman–Crippen LogP) is 2.35. The fraction of sp³-hybridized carbons (Fsp3) is 0.571. The van der Waals surface area contributed by atoms with E-state index in [-0.39, 0.29) is 5.60 Å². The molecule has 1 aliphatic heterocycles. The van der Waals surface area contributed by atoms with Gasteiger partial charge in [0.25, 0.3) is 0 Å². The number of nitrogens with one attached hydrogen (secondary N) is 1. The summed E-state index contributed by atoms with van der Waals surface area (Å²) in [6.07, 6.45) is 2.32. The van der Waals surface area contributed by atoms with Crippen LogP contribution in [0, 0.1) is 0 Å². The van der Waals surface area contributed by atoms with Gasteiger partial charge >= 0.3 is 0 Å². The average molecular weight is 235 g/mol. The molecule has 1 N–H and O–H groups in total. The largest absolute Gasteiger partial charge is 0.496 e. The topological polar surface area (TPSA) is 30.5 Å². The van der Waals surface area contributed by atoms with E-state index in [0.29, 0.717) is 0 Å². The maximum atomic E-state index is 5.74. The Bertz CT molecular complexity index is 359. The first-order valence-corrected chi connectivity index (χ1v) is 6.20. The molecule has 1 atom stereocenters. The Morgan fingerprint density at radius 2 is 2.24 bits per heavy atom. The molecule has 1 aromatic carbocycles. The van der Waals surface area contributed by atoms with Gasteiger partial charge in [-0.2, -0.15) is 0 Å². The lowest BCUT2D eigenvalue weighted by molar-refractivity contribution is 0.0206. The van der Waals surface area contributed by atoms with Gasteiger partial charge in [-0.3, -0.25) is 0 Å². The van der Waals surface area contributed by atoms with Crippen molar-refractivity contribution in [2.24, 2.45) is 0 Å². The molecule has 0 aliphatic carbocycles. The van der Waals surface area contributed by atoms with Crippen LogP contribution in [-0.2, 0) is 11.3 Å². The molecule has 0 radical (unpaired) electrons. The molecule has 1 aliphatic rings. The van der Waals surface area contributed by atoms with Crippen molar-refractivity contribution in [3.63, 3.8) is 0 Å². The molecule has 1 fully saturated rings. The van der Waals surface area contributed by atoms with Crippen molar-refractivity contribution in [1.82, 2.24) is 5.32 Å². The van der Waals surface area contributed by atoms with Crippen LogP contribution >= 0.6 is 0 Å². The van der Waals surface area contributed by atoms with Crippen LogP contribution in [-0.4, -0.2) is 25.9 Å². The monoisotopic (exact) mass is 235 g/mol. The molecule has 1 heterocycles. The van der Waals surface area contributed by atoms with Gasteiger partial charge < -0.3 is 14.8 Å². The Morgan fingerprint density at radius 3 is 2.94 bits per heavy atom. The normalized spacial score (nSPS) is 23.9. The first-order chi connectivity index (χ1) is 8.23. The fourth-order valence-corrected chi connectivity index (χ4v) is 2.29. The summed E-state index contributed by atoms with van der Waals surface area (Å²) in [4.78, 5) is 0. The van der Waals surface area contributed by atoms with Crippen LogP contribution in [0.2, 0.25) is 0 Å². The number of methoxy groups -OCH3 is 1. The summed E-state index contributed by atoms with van der Waals surface area (Å²) in [5, 5.41) is 3.45. The van der Waals surface area contributed by atoms with Crippen LogP contribution in [0.25, 0.3) is 0 Å². The molecule has 1 saturated heterocycles. The summed E-state index contributed by atoms with van der Waals surface area (Å²) in [5.74, 6) is 0.942. The van der Waals surface area contributed by atoms with Crippen LogP contribution in [0.3, 0.4) is 0 Å². The summed E-state index contributed by atoms with van der Waals surface area (Å²) in [6, 6.07) is 8.10. The van der Waals surface area contributed by atoms with Gasteiger partial charge in [0, 0.05) is 25.3 Å². The Labute approximate surface area is 103 Å². The van der Waals surface area contributed by atoms with Gasteiger partial charge in [-0.25, -0.2) is 0 Å². The van der Waals surface area contributed by atoms with E-state index in [9.17, 15) is 0 Å². The highest BCUT2D eigenvalue weighted by molar-refractivity contribution is 5.32. The molecule has 17 heavy (non-hydrogen) atoms. The second-order valence-corrected chi connectivity index (χ2v) is 4.82. The lowest BCUT2D eigenvalue weighted by atomic mass is 10.0. The molecule has 1 aromatic rings. The van der Waals surface area contributed by atoms with E-state index < -0.39 is 0 Å². The Kier molecular flexibility index (Phi) is 4.02. The zero-order chi connectivity index (χ0) is 12.1. The first-order valence-electron chi connectivity index (χ1n) is 6.20. The molecule has 1 unspecified atom stereocenters. The highest BCUT2D eigenvalue weighted by atomic mass is 16.5. The van der Waals surface area contributed by atoms with Crippen molar-refractivity contribution >= 4 is 0 Å². The van der Waals surface area contributed by atoms with Crippen LogP contribution in [0.5, 0.6) is 5.75 Å². The number of hydrogen-bond acceptors (Lipinski definition) is 3. The highest BCUT2D eigenvalue weighted by Gasteiger charge is 2.28. The van der Waals surface area contributed by atoms with Crippen molar-refractivity contribution in [3.05, 3.63) is 29.8 Å². The maximum Gasteiger partial charge on any atom is 0.123 e. The van der Waals surface area contributed by atoms with E-state index in [1.807, 2.05) is 18.2 Å².